The first-order chi connectivity index (χ1) is 15.6. The van der Waals surface area contributed by atoms with Gasteiger partial charge in [-0.05, 0) is 62.4 Å². The van der Waals surface area contributed by atoms with Gasteiger partial charge in [0, 0.05) is 34.0 Å². The van der Waals surface area contributed by atoms with E-state index >= 15 is 0 Å². The van der Waals surface area contributed by atoms with E-state index in [1.807, 2.05) is 30.3 Å². The molecule has 0 unspecified atom stereocenters. The number of hydrogen-bond donors (Lipinski definition) is 1. The summed E-state index contributed by atoms with van der Waals surface area (Å²) in [5.41, 5.74) is 1.44. The molecule has 170 valence electrons. The Bertz CT molecular complexity index is 1370. The second kappa shape index (κ2) is 6.67. The van der Waals surface area contributed by atoms with Crippen molar-refractivity contribution in [2.75, 3.05) is 6.26 Å². The zero-order valence-electron chi connectivity index (χ0n) is 18.0. The smallest absolute Gasteiger partial charge is 0.287 e. The van der Waals surface area contributed by atoms with Crippen LogP contribution in [0.1, 0.15) is 54.2 Å². The summed E-state index contributed by atoms with van der Waals surface area (Å²) in [6.07, 6.45) is 6.37. The Labute approximate surface area is 196 Å². The molecule has 7 rings (SSSR count). The van der Waals surface area contributed by atoms with Crippen LogP contribution < -0.4 is 5.32 Å². The SMILES string of the molecule is CS(=O)(=O)C1(c2ccc(C(=O)NC34CC(c5nccc(-c6ccc(Cl)cc6)n5)(C3)C4)o2)CC1. The number of furan rings is 1. The molecule has 0 aliphatic heterocycles. The summed E-state index contributed by atoms with van der Waals surface area (Å²) >= 11 is 5.99. The van der Waals surface area contributed by atoms with E-state index in [-0.39, 0.29) is 22.6 Å². The number of hydrogen-bond acceptors (Lipinski definition) is 6. The molecule has 7 nitrogen and oxygen atoms in total. The molecule has 2 aromatic heterocycles. The lowest BCUT2D eigenvalue weighted by molar-refractivity contribution is -0.0866. The molecule has 4 saturated carbocycles. The van der Waals surface area contributed by atoms with Crippen molar-refractivity contribution in [1.82, 2.24) is 15.3 Å². The van der Waals surface area contributed by atoms with Crippen LogP contribution in [0.2, 0.25) is 5.02 Å². The maximum atomic E-state index is 12.8. The molecule has 9 heteroatoms. The highest BCUT2D eigenvalue weighted by atomic mass is 35.5. The van der Waals surface area contributed by atoms with Gasteiger partial charge in [0.15, 0.2) is 15.6 Å². The minimum atomic E-state index is -3.29. The molecule has 4 aliphatic rings. The number of sulfone groups is 1. The number of carbonyl (C=O) groups is 1. The van der Waals surface area contributed by atoms with Crippen molar-refractivity contribution in [2.24, 2.45) is 0 Å². The molecular weight excluding hydrogens is 462 g/mol. The summed E-state index contributed by atoms with van der Waals surface area (Å²) in [4.78, 5) is 22.1. The lowest BCUT2D eigenvalue weighted by Crippen LogP contribution is -2.77. The van der Waals surface area contributed by atoms with Crippen molar-refractivity contribution in [3.63, 3.8) is 0 Å². The minimum Gasteiger partial charge on any atom is -0.454 e. The van der Waals surface area contributed by atoms with E-state index in [2.05, 4.69) is 10.3 Å². The van der Waals surface area contributed by atoms with Gasteiger partial charge in [-0.25, -0.2) is 18.4 Å². The van der Waals surface area contributed by atoms with Gasteiger partial charge in [-0.3, -0.25) is 4.79 Å². The predicted octanol–water partition coefficient (Wildman–Crippen LogP) is 4.03. The van der Waals surface area contributed by atoms with Gasteiger partial charge in [0.2, 0.25) is 0 Å². The highest BCUT2D eigenvalue weighted by molar-refractivity contribution is 7.91. The molecule has 0 spiro atoms. The summed E-state index contributed by atoms with van der Waals surface area (Å²) in [6.45, 7) is 0. The van der Waals surface area contributed by atoms with Crippen LogP contribution in [0.25, 0.3) is 11.3 Å². The Morgan fingerprint density at radius 1 is 1.06 bits per heavy atom. The average Bonchev–Trinajstić information content (AvgIpc) is 3.41. The zero-order valence-corrected chi connectivity index (χ0v) is 19.5. The molecule has 4 aliphatic carbocycles. The average molecular weight is 484 g/mol. The van der Waals surface area contributed by atoms with Gasteiger partial charge in [0.05, 0.1) is 5.69 Å². The van der Waals surface area contributed by atoms with E-state index in [1.165, 1.54) is 6.26 Å². The second-order valence-electron chi connectivity index (χ2n) is 9.75. The molecular formula is C24H22ClN3O4S. The standard InChI is InChI=1S/C24H22ClN3O4S/c1-33(30,31)24(9-10-24)19-7-6-18(32-19)20(29)28-23-12-22(13-23,14-23)21-26-11-8-17(27-21)15-2-4-16(25)5-3-15/h2-8,11H,9-10,12-14H2,1H3,(H,28,29). The normalized spacial score (nSPS) is 26.7. The summed E-state index contributed by atoms with van der Waals surface area (Å²) in [7, 11) is -3.29. The number of benzene rings is 1. The van der Waals surface area contributed by atoms with E-state index in [0.29, 0.717) is 23.6 Å². The molecule has 1 aromatic carbocycles. The molecule has 33 heavy (non-hydrogen) atoms. The first kappa shape index (κ1) is 20.9. The fraction of sp³-hybridized carbons (Fsp3) is 0.375. The molecule has 0 radical (unpaired) electrons. The van der Waals surface area contributed by atoms with E-state index in [4.69, 9.17) is 21.0 Å². The first-order valence-electron chi connectivity index (χ1n) is 10.9. The van der Waals surface area contributed by atoms with Crippen molar-refractivity contribution in [3.8, 4) is 11.3 Å². The lowest BCUT2D eigenvalue weighted by Gasteiger charge is -2.69. The Hall–Kier alpha value is -2.71. The van der Waals surface area contributed by atoms with Gasteiger partial charge in [0.25, 0.3) is 5.91 Å². The van der Waals surface area contributed by atoms with Gasteiger partial charge in [0.1, 0.15) is 16.3 Å². The van der Waals surface area contributed by atoms with Crippen LogP contribution in [0.5, 0.6) is 0 Å². The molecule has 0 saturated heterocycles. The van der Waals surface area contributed by atoms with Crippen LogP contribution in [-0.4, -0.2) is 36.1 Å². The third kappa shape index (κ3) is 3.14. The zero-order chi connectivity index (χ0) is 23.1. The number of aromatic nitrogens is 2. The predicted molar refractivity (Wildman–Crippen MR) is 123 cm³/mol. The topological polar surface area (TPSA) is 102 Å². The number of amides is 1. The maximum absolute atomic E-state index is 12.8. The number of halogens is 1. The minimum absolute atomic E-state index is 0.113. The second-order valence-corrected chi connectivity index (χ2v) is 12.5. The Balaban J connectivity index is 1.14. The Morgan fingerprint density at radius 2 is 1.76 bits per heavy atom. The first-order valence-corrected chi connectivity index (χ1v) is 13.1. The summed E-state index contributed by atoms with van der Waals surface area (Å²) in [6, 6.07) is 12.6. The quantitative estimate of drug-likeness (QED) is 0.568. The number of nitrogens with one attached hydrogen (secondary N) is 1. The number of carbonyl (C=O) groups excluding carboxylic acids is 1. The highest BCUT2D eigenvalue weighted by Gasteiger charge is 2.70. The van der Waals surface area contributed by atoms with Crippen molar-refractivity contribution in [1.29, 1.82) is 0 Å². The molecule has 3 aromatic rings. The Kier molecular flexibility index (Phi) is 4.22. The largest absolute Gasteiger partial charge is 0.454 e. The van der Waals surface area contributed by atoms with E-state index in [1.54, 1.807) is 18.3 Å². The summed E-state index contributed by atoms with van der Waals surface area (Å²) < 4.78 is 28.9. The van der Waals surface area contributed by atoms with Crippen LogP contribution >= 0.6 is 11.6 Å². The van der Waals surface area contributed by atoms with Crippen molar-refractivity contribution in [3.05, 3.63) is 71.0 Å². The monoisotopic (exact) mass is 483 g/mol. The van der Waals surface area contributed by atoms with Crippen molar-refractivity contribution >= 4 is 27.3 Å². The van der Waals surface area contributed by atoms with Gasteiger partial charge in [-0.1, -0.05) is 23.7 Å². The fourth-order valence-corrected chi connectivity index (χ4v) is 6.92. The third-order valence-corrected chi connectivity index (χ3v) is 9.65. The van der Waals surface area contributed by atoms with Crippen LogP contribution in [0.4, 0.5) is 0 Å². The summed E-state index contributed by atoms with van der Waals surface area (Å²) in [5, 5.41) is 3.77. The molecule has 4 fully saturated rings. The third-order valence-electron chi connectivity index (χ3n) is 7.37. The molecule has 2 bridgehead atoms. The van der Waals surface area contributed by atoms with Crippen LogP contribution in [0.15, 0.2) is 53.1 Å². The summed E-state index contributed by atoms with van der Waals surface area (Å²) in [5.74, 6) is 1.00. The Morgan fingerprint density at radius 3 is 2.39 bits per heavy atom. The highest BCUT2D eigenvalue weighted by Crippen LogP contribution is 2.67. The van der Waals surface area contributed by atoms with Crippen molar-refractivity contribution in [2.45, 2.75) is 47.8 Å². The van der Waals surface area contributed by atoms with E-state index in [0.717, 1.165) is 36.3 Å². The van der Waals surface area contributed by atoms with Crippen molar-refractivity contribution < 1.29 is 17.6 Å². The van der Waals surface area contributed by atoms with Crippen LogP contribution in [-0.2, 0) is 20.0 Å². The fourth-order valence-electron chi connectivity index (χ4n) is 5.47. The van der Waals surface area contributed by atoms with Gasteiger partial charge in [-0.15, -0.1) is 0 Å². The van der Waals surface area contributed by atoms with Gasteiger partial charge >= 0.3 is 0 Å². The van der Waals surface area contributed by atoms with E-state index in [9.17, 15) is 13.2 Å². The maximum Gasteiger partial charge on any atom is 0.287 e. The van der Waals surface area contributed by atoms with Gasteiger partial charge < -0.3 is 9.73 Å². The van der Waals surface area contributed by atoms with E-state index < -0.39 is 14.6 Å². The number of nitrogens with zero attached hydrogens (tertiary/aromatic N) is 2. The lowest BCUT2D eigenvalue weighted by atomic mass is 9.39. The molecule has 0 atom stereocenters. The van der Waals surface area contributed by atoms with Gasteiger partial charge in [-0.2, -0.15) is 0 Å². The van der Waals surface area contributed by atoms with Crippen LogP contribution in [0, 0.1) is 0 Å². The molecule has 1 N–H and O–H groups in total. The van der Waals surface area contributed by atoms with Crippen LogP contribution in [0.3, 0.4) is 0 Å². The molecule has 2 heterocycles. The molecule has 1 amide bonds. The number of rotatable bonds is 6.